The molecule has 0 aromatic carbocycles. The predicted octanol–water partition coefficient (Wildman–Crippen LogP) is 3.47. The highest BCUT2D eigenvalue weighted by atomic mass is 32.2. The van der Waals surface area contributed by atoms with Gasteiger partial charge in [-0.05, 0) is 25.2 Å². The highest BCUT2D eigenvalue weighted by Gasteiger charge is 2.17. The van der Waals surface area contributed by atoms with E-state index < -0.39 is 0 Å². The van der Waals surface area contributed by atoms with Gasteiger partial charge in [0.05, 0.1) is 5.75 Å². The third kappa shape index (κ3) is 5.52. The second-order valence-corrected chi connectivity index (χ2v) is 7.89. The molecule has 2 aliphatic rings. The molecule has 2 aliphatic carbocycles. The third-order valence-corrected chi connectivity index (χ3v) is 5.93. The predicted molar refractivity (Wildman–Crippen MR) is 92.4 cm³/mol. The molecule has 0 atom stereocenters. The van der Waals surface area contributed by atoms with Gasteiger partial charge >= 0.3 is 0 Å². The van der Waals surface area contributed by atoms with Crippen molar-refractivity contribution >= 4 is 17.7 Å². The van der Waals surface area contributed by atoms with Gasteiger partial charge in [-0.15, -0.1) is 5.10 Å². The van der Waals surface area contributed by atoms with Crippen molar-refractivity contribution in [3.8, 4) is 0 Å². The number of hydrogen-bond donors (Lipinski definition) is 2. The molecule has 1 aromatic rings. The Morgan fingerprint density at radius 3 is 2.65 bits per heavy atom. The molecule has 5 nitrogen and oxygen atoms in total. The van der Waals surface area contributed by atoms with Crippen molar-refractivity contribution < 1.29 is 4.79 Å². The van der Waals surface area contributed by atoms with Gasteiger partial charge in [-0.2, -0.15) is 0 Å². The van der Waals surface area contributed by atoms with Crippen LogP contribution in [0.2, 0.25) is 0 Å². The number of carbonyl (C=O) groups excluding carboxylic acids is 1. The van der Waals surface area contributed by atoms with Crippen LogP contribution in [0.15, 0.2) is 5.16 Å². The van der Waals surface area contributed by atoms with Gasteiger partial charge in [0.2, 0.25) is 11.1 Å². The van der Waals surface area contributed by atoms with Gasteiger partial charge in [0.15, 0.2) is 0 Å². The maximum atomic E-state index is 12.0. The summed E-state index contributed by atoms with van der Waals surface area (Å²) in [4.78, 5) is 16.5. The van der Waals surface area contributed by atoms with Crippen LogP contribution in [0.25, 0.3) is 0 Å². The number of aromatic nitrogens is 3. The first kappa shape index (κ1) is 16.8. The molecule has 0 bridgehead atoms. The topological polar surface area (TPSA) is 70.7 Å². The molecule has 6 heteroatoms. The van der Waals surface area contributed by atoms with Crippen molar-refractivity contribution in [3.63, 3.8) is 0 Å². The van der Waals surface area contributed by atoms with Gasteiger partial charge in [0, 0.05) is 12.5 Å². The van der Waals surface area contributed by atoms with Gasteiger partial charge < -0.3 is 5.32 Å². The fraction of sp³-hybridized carbons (Fsp3) is 0.824. The zero-order chi connectivity index (χ0) is 15.9. The van der Waals surface area contributed by atoms with Gasteiger partial charge in [-0.3, -0.25) is 9.89 Å². The van der Waals surface area contributed by atoms with Crippen molar-refractivity contribution in [2.75, 3.05) is 5.75 Å². The van der Waals surface area contributed by atoms with E-state index in [1.807, 2.05) is 0 Å². The molecule has 2 saturated carbocycles. The van der Waals surface area contributed by atoms with Crippen molar-refractivity contribution in [2.24, 2.45) is 5.92 Å². The Morgan fingerprint density at radius 2 is 1.87 bits per heavy atom. The van der Waals surface area contributed by atoms with Crippen molar-refractivity contribution in [2.45, 2.75) is 81.8 Å². The first-order valence-electron chi connectivity index (χ1n) is 9.13. The summed E-state index contributed by atoms with van der Waals surface area (Å²) in [5, 5.41) is 11.1. The number of thioether (sulfide) groups is 1. The van der Waals surface area contributed by atoms with Crippen molar-refractivity contribution in [1.29, 1.82) is 0 Å². The molecule has 1 amide bonds. The SMILES string of the molecule is O=C(CSc1n[nH]c(CCC2CCCC2)n1)NC1CCCCC1. The van der Waals surface area contributed by atoms with Crippen LogP contribution in [0, 0.1) is 5.92 Å². The van der Waals surface area contributed by atoms with E-state index in [1.54, 1.807) is 0 Å². The quantitative estimate of drug-likeness (QED) is 0.748. The highest BCUT2D eigenvalue weighted by molar-refractivity contribution is 7.99. The average molecular weight is 337 g/mol. The smallest absolute Gasteiger partial charge is 0.230 e. The molecule has 23 heavy (non-hydrogen) atoms. The van der Waals surface area contributed by atoms with Crippen LogP contribution in [-0.4, -0.2) is 32.9 Å². The average Bonchev–Trinajstić information content (AvgIpc) is 3.24. The van der Waals surface area contributed by atoms with Gasteiger partial charge in [-0.25, -0.2) is 4.98 Å². The lowest BCUT2D eigenvalue weighted by Crippen LogP contribution is -2.37. The Balaban J connectivity index is 1.35. The molecule has 0 unspecified atom stereocenters. The summed E-state index contributed by atoms with van der Waals surface area (Å²) in [6.45, 7) is 0. The molecule has 2 N–H and O–H groups in total. The highest BCUT2D eigenvalue weighted by Crippen LogP contribution is 2.28. The van der Waals surface area contributed by atoms with Crippen LogP contribution in [0.5, 0.6) is 0 Å². The summed E-state index contributed by atoms with van der Waals surface area (Å²) in [5.74, 6) is 2.36. The zero-order valence-electron chi connectivity index (χ0n) is 13.9. The Morgan fingerprint density at radius 1 is 1.13 bits per heavy atom. The largest absolute Gasteiger partial charge is 0.353 e. The van der Waals surface area contributed by atoms with E-state index in [9.17, 15) is 4.79 Å². The Hall–Kier alpha value is -1.04. The van der Waals surface area contributed by atoms with E-state index in [0.717, 1.165) is 31.0 Å². The van der Waals surface area contributed by atoms with E-state index in [-0.39, 0.29) is 5.91 Å². The Bertz CT molecular complexity index is 493. The molecular formula is C17H28N4OS. The second kappa shape index (κ2) is 8.71. The minimum atomic E-state index is 0.110. The summed E-state index contributed by atoms with van der Waals surface area (Å²) in [6.07, 6.45) is 13.7. The number of aryl methyl sites for hydroxylation is 1. The number of carbonyl (C=O) groups is 1. The van der Waals surface area contributed by atoms with E-state index in [1.165, 1.54) is 63.1 Å². The fourth-order valence-electron chi connectivity index (χ4n) is 3.74. The van der Waals surface area contributed by atoms with E-state index in [2.05, 4.69) is 20.5 Å². The molecule has 0 radical (unpaired) electrons. The maximum Gasteiger partial charge on any atom is 0.230 e. The summed E-state index contributed by atoms with van der Waals surface area (Å²) in [5.41, 5.74) is 0. The minimum Gasteiger partial charge on any atom is -0.353 e. The fourth-order valence-corrected chi connectivity index (χ4v) is 4.37. The normalized spacial score (nSPS) is 20.0. The molecule has 2 fully saturated rings. The molecule has 0 aliphatic heterocycles. The number of nitrogens with one attached hydrogen (secondary N) is 2. The van der Waals surface area contributed by atoms with Crippen LogP contribution in [0.1, 0.15) is 70.0 Å². The number of hydrogen-bond acceptors (Lipinski definition) is 4. The van der Waals surface area contributed by atoms with Gasteiger partial charge in [0.25, 0.3) is 0 Å². The molecular weight excluding hydrogens is 308 g/mol. The molecule has 0 spiro atoms. The number of nitrogens with zero attached hydrogens (tertiary/aromatic N) is 2. The molecule has 1 aromatic heterocycles. The summed E-state index contributed by atoms with van der Waals surface area (Å²) in [7, 11) is 0. The summed E-state index contributed by atoms with van der Waals surface area (Å²) in [6, 6.07) is 0.381. The Kier molecular flexibility index (Phi) is 6.37. The minimum absolute atomic E-state index is 0.110. The number of aromatic amines is 1. The monoisotopic (exact) mass is 336 g/mol. The van der Waals surface area contributed by atoms with E-state index >= 15 is 0 Å². The van der Waals surface area contributed by atoms with E-state index in [0.29, 0.717) is 17.0 Å². The number of amides is 1. The molecule has 128 valence electrons. The zero-order valence-corrected chi connectivity index (χ0v) is 14.7. The van der Waals surface area contributed by atoms with Crippen LogP contribution >= 0.6 is 11.8 Å². The van der Waals surface area contributed by atoms with Gasteiger partial charge in [-0.1, -0.05) is 56.7 Å². The van der Waals surface area contributed by atoms with Crippen LogP contribution in [0.4, 0.5) is 0 Å². The lowest BCUT2D eigenvalue weighted by atomic mass is 9.95. The van der Waals surface area contributed by atoms with Gasteiger partial charge in [0.1, 0.15) is 5.82 Å². The first-order valence-corrected chi connectivity index (χ1v) is 10.1. The van der Waals surface area contributed by atoms with Crippen LogP contribution in [0.3, 0.4) is 0 Å². The van der Waals surface area contributed by atoms with Crippen molar-refractivity contribution in [1.82, 2.24) is 20.5 Å². The van der Waals surface area contributed by atoms with Crippen LogP contribution < -0.4 is 5.32 Å². The number of rotatable bonds is 7. The summed E-state index contributed by atoms with van der Waals surface area (Å²) < 4.78 is 0. The van der Waals surface area contributed by atoms with E-state index in [4.69, 9.17) is 0 Å². The van der Waals surface area contributed by atoms with Crippen LogP contribution in [-0.2, 0) is 11.2 Å². The molecule has 0 saturated heterocycles. The van der Waals surface area contributed by atoms with Crippen molar-refractivity contribution in [3.05, 3.63) is 5.82 Å². The first-order chi connectivity index (χ1) is 11.3. The number of H-pyrrole nitrogens is 1. The lowest BCUT2D eigenvalue weighted by Gasteiger charge is -2.22. The summed E-state index contributed by atoms with van der Waals surface area (Å²) >= 11 is 1.43. The Labute approximate surface area is 142 Å². The third-order valence-electron chi connectivity index (χ3n) is 5.08. The standard InChI is InChI=1S/C17H28N4OS/c22-16(18-14-8-2-1-3-9-14)12-23-17-19-15(20-21-17)11-10-13-6-4-5-7-13/h13-14H,1-12H2,(H,18,22)(H,19,20,21). The lowest BCUT2D eigenvalue weighted by molar-refractivity contribution is -0.119. The maximum absolute atomic E-state index is 12.0. The molecule has 1 heterocycles. The molecule has 3 rings (SSSR count). The second-order valence-electron chi connectivity index (χ2n) is 6.94.